The van der Waals surface area contributed by atoms with E-state index in [2.05, 4.69) is 25.6 Å². The van der Waals surface area contributed by atoms with Gasteiger partial charge >= 0.3 is 6.18 Å². The van der Waals surface area contributed by atoms with E-state index in [9.17, 15) is 27.9 Å². The Labute approximate surface area is 246 Å². The van der Waals surface area contributed by atoms with Gasteiger partial charge in [0, 0.05) is 60.3 Å². The maximum atomic E-state index is 13.0. The Morgan fingerprint density at radius 2 is 1.79 bits per heavy atom. The van der Waals surface area contributed by atoms with Crippen LogP contribution in [0.25, 0.3) is 11.4 Å². The lowest BCUT2D eigenvalue weighted by molar-refractivity contribution is -0.137. The fourth-order valence-electron chi connectivity index (χ4n) is 6.40. The fourth-order valence-corrected chi connectivity index (χ4v) is 6.40. The lowest BCUT2D eigenvalue weighted by Gasteiger charge is -2.36. The van der Waals surface area contributed by atoms with Crippen LogP contribution in [0.5, 0.6) is 0 Å². The third kappa shape index (κ3) is 6.25. The van der Waals surface area contributed by atoms with Gasteiger partial charge in [0.05, 0.1) is 17.8 Å². The van der Waals surface area contributed by atoms with E-state index in [0.717, 1.165) is 43.4 Å². The standard InChI is InChI=1S/C31H33F3N6O3/c32-31(33,34)22-4-1-3-20(15-22)28(42)38-18-26(41)40-14-11-29(19-40)16-25(29)39-23-7-9-30(43,10-8-23)24-6-5-21(17-37-24)27-35-12-2-13-36-27/h1-6,12-13,15,17,23,25,39,43H,7-11,14,16,18-19H2,(H,38,42). The number of nitrogens with one attached hydrogen (secondary N) is 2. The number of amides is 2. The monoisotopic (exact) mass is 594 g/mol. The average Bonchev–Trinajstić information content (AvgIpc) is 3.49. The molecule has 1 spiro atoms. The summed E-state index contributed by atoms with van der Waals surface area (Å²) in [5.74, 6) is -0.372. The van der Waals surface area contributed by atoms with Gasteiger partial charge in [0.2, 0.25) is 5.91 Å². The van der Waals surface area contributed by atoms with Crippen LogP contribution in [0.4, 0.5) is 13.2 Å². The number of hydrogen-bond acceptors (Lipinski definition) is 7. The SMILES string of the molecule is O=C(NCC(=O)N1CCC2(CC2NC2CCC(O)(c3ccc(-c4ncccn4)cn3)CC2)C1)c1cccc(C(F)(F)F)c1. The molecule has 1 aliphatic heterocycles. The largest absolute Gasteiger partial charge is 0.416 e. The van der Waals surface area contributed by atoms with Crippen molar-refractivity contribution < 1.29 is 27.9 Å². The number of rotatable bonds is 7. The molecule has 3 fully saturated rings. The van der Waals surface area contributed by atoms with Gasteiger partial charge in [-0.2, -0.15) is 13.2 Å². The topological polar surface area (TPSA) is 120 Å². The maximum absolute atomic E-state index is 13.0. The first kappa shape index (κ1) is 29.2. The molecule has 3 N–H and O–H groups in total. The van der Waals surface area contributed by atoms with Gasteiger partial charge in [-0.1, -0.05) is 6.07 Å². The van der Waals surface area contributed by atoms with Crippen molar-refractivity contribution in [2.75, 3.05) is 19.6 Å². The van der Waals surface area contributed by atoms with E-state index in [1.165, 1.54) is 12.1 Å². The molecule has 2 amide bonds. The first-order valence-electron chi connectivity index (χ1n) is 14.5. The number of carbonyl (C=O) groups excluding carboxylic acids is 2. The Morgan fingerprint density at radius 3 is 2.49 bits per heavy atom. The van der Waals surface area contributed by atoms with E-state index in [1.54, 1.807) is 29.6 Å². The van der Waals surface area contributed by atoms with Crippen LogP contribution >= 0.6 is 0 Å². The number of nitrogens with zero attached hydrogens (tertiary/aromatic N) is 4. The van der Waals surface area contributed by atoms with Gasteiger partial charge in [-0.25, -0.2) is 9.97 Å². The van der Waals surface area contributed by atoms with Crippen molar-refractivity contribution in [3.05, 3.63) is 77.9 Å². The van der Waals surface area contributed by atoms with Crippen molar-refractivity contribution in [3.8, 4) is 11.4 Å². The van der Waals surface area contributed by atoms with Gasteiger partial charge in [0.25, 0.3) is 5.91 Å². The molecule has 2 unspecified atom stereocenters. The van der Waals surface area contributed by atoms with Gasteiger partial charge in [-0.15, -0.1) is 0 Å². The lowest BCUT2D eigenvalue weighted by atomic mass is 9.79. The van der Waals surface area contributed by atoms with Gasteiger partial charge in [0.15, 0.2) is 5.82 Å². The molecule has 2 aromatic heterocycles. The summed E-state index contributed by atoms with van der Waals surface area (Å²) in [6, 6.07) is 10.2. The molecule has 3 aliphatic rings. The van der Waals surface area contributed by atoms with E-state index >= 15 is 0 Å². The molecule has 226 valence electrons. The molecule has 43 heavy (non-hydrogen) atoms. The van der Waals surface area contributed by atoms with Crippen LogP contribution in [0.1, 0.15) is 60.1 Å². The third-order valence-corrected chi connectivity index (χ3v) is 9.09. The summed E-state index contributed by atoms with van der Waals surface area (Å²) in [6.07, 6.45) is 5.11. The van der Waals surface area contributed by atoms with Crippen LogP contribution < -0.4 is 10.6 Å². The zero-order valence-electron chi connectivity index (χ0n) is 23.5. The highest BCUT2D eigenvalue weighted by molar-refractivity contribution is 5.96. The summed E-state index contributed by atoms with van der Waals surface area (Å²) in [6.45, 7) is 0.898. The van der Waals surface area contributed by atoms with Crippen LogP contribution in [0.3, 0.4) is 0 Å². The van der Waals surface area contributed by atoms with Crippen molar-refractivity contribution >= 4 is 11.8 Å². The molecule has 6 rings (SSSR count). The number of aliphatic hydroxyl groups is 1. The number of carbonyl (C=O) groups is 2. The molecule has 3 heterocycles. The molecule has 2 saturated carbocycles. The van der Waals surface area contributed by atoms with E-state index in [4.69, 9.17) is 0 Å². The second kappa shape index (κ2) is 11.3. The first-order valence-corrected chi connectivity index (χ1v) is 14.5. The molecule has 0 bridgehead atoms. The van der Waals surface area contributed by atoms with Crippen LogP contribution in [-0.2, 0) is 16.6 Å². The third-order valence-electron chi connectivity index (χ3n) is 9.09. The highest BCUT2D eigenvalue weighted by atomic mass is 19.4. The minimum Gasteiger partial charge on any atom is -0.384 e. The second-order valence-electron chi connectivity index (χ2n) is 11.9. The Kier molecular flexibility index (Phi) is 7.67. The van der Waals surface area contributed by atoms with E-state index in [-0.39, 0.29) is 35.5 Å². The smallest absolute Gasteiger partial charge is 0.384 e. The zero-order chi connectivity index (χ0) is 30.2. The maximum Gasteiger partial charge on any atom is 0.416 e. The molecular weight excluding hydrogens is 561 g/mol. The lowest BCUT2D eigenvalue weighted by Crippen LogP contribution is -2.43. The molecule has 1 saturated heterocycles. The Bertz CT molecular complexity index is 1480. The highest BCUT2D eigenvalue weighted by Gasteiger charge is 2.58. The zero-order valence-corrected chi connectivity index (χ0v) is 23.5. The molecule has 12 heteroatoms. The summed E-state index contributed by atoms with van der Waals surface area (Å²) >= 11 is 0. The van der Waals surface area contributed by atoms with E-state index in [0.29, 0.717) is 37.4 Å². The van der Waals surface area contributed by atoms with Gasteiger partial charge < -0.3 is 20.6 Å². The van der Waals surface area contributed by atoms with Crippen LogP contribution in [0.2, 0.25) is 0 Å². The number of halogens is 3. The van der Waals surface area contributed by atoms with Gasteiger partial charge in [0.1, 0.15) is 5.60 Å². The minimum absolute atomic E-state index is 0.00531. The van der Waals surface area contributed by atoms with E-state index in [1.807, 2.05) is 12.1 Å². The average molecular weight is 595 g/mol. The molecule has 2 aliphatic carbocycles. The summed E-state index contributed by atoms with van der Waals surface area (Å²) in [5.41, 5.74) is -0.577. The van der Waals surface area contributed by atoms with Crippen molar-refractivity contribution in [1.29, 1.82) is 0 Å². The van der Waals surface area contributed by atoms with Crippen LogP contribution in [-0.4, -0.2) is 68.5 Å². The fraction of sp³-hybridized carbons (Fsp3) is 0.452. The number of pyridine rings is 1. The number of aromatic nitrogens is 3. The first-order chi connectivity index (χ1) is 20.5. The Morgan fingerprint density at radius 1 is 1.02 bits per heavy atom. The number of benzene rings is 1. The normalized spacial score (nSPS) is 26.8. The second-order valence-corrected chi connectivity index (χ2v) is 11.9. The predicted octanol–water partition coefficient (Wildman–Crippen LogP) is 3.70. The number of hydrogen-bond donors (Lipinski definition) is 3. The van der Waals surface area contributed by atoms with Crippen molar-refractivity contribution in [1.82, 2.24) is 30.5 Å². The van der Waals surface area contributed by atoms with Crippen molar-refractivity contribution in [2.45, 2.75) is 62.4 Å². The molecule has 0 radical (unpaired) electrons. The number of likely N-dealkylation sites (tertiary alicyclic amines) is 1. The Balaban J connectivity index is 0.955. The van der Waals surface area contributed by atoms with Gasteiger partial charge in [-0.3, -0.25) is 14.6 Å². The summed E-state index contributed by atoms with van der Waals surface area (Å²) in [4.78, 5) is 39.9. The van der Waals surface area contributed by atoms with Crippen LogP contribution in [0, 0.1) is 5.41 Å². The number of alkyl halides is 3. The highest BCUT2D eigenvalue weighted by Crippen LogP contribution is 2.53. The molecule has 3 aromatic rings. The molecular formula is C31H33F3N6O3. The van der Waals surface area contributed by atoms with E-state index < -0.39 is 23.2 Å². The molecule has 1 aromatic carbocycles. The predicted molar refractivity (Wildman–Crippen MR) is 150 cm³/mol. The molecule has 9 nitrogen and oxygen atoms in total. The Hall–Kier alpha value is -3.90. The minimum atomic E-state index is -4.55. The quantitative estimate of drug-likeness (QED) is 0.382. The molecule has 2 atom stereocenters. The summed E-state index contributed by atoms with van der Waals surface area (Å²) in [5, 5.41) is 17.5. The van der Waals surface area contributed by atoms with Crippen molar-refractivity contribution in [2.24, 2.45) is 5.41 Å². The summed E-state index contributed by atoms with van der Waals surface area (Å²) in [7, 11) is 0. The van der Waals surface area contributed by atoms with Gasteiger partial charge in [-0.05, 0) is 74.9 Å². The summed E-state index contributed by atoms with van der Waals surface area (Å²) < 4.78 is 38.9. The van der Waals surface area contributed by atoms with Crippen molar-refractivity contribution in [3.63, 3.8) is 0 Å². The van der Waals surface area contributed by atoms with Crippen LogP contribution in [0.15, 0.2) is 61.1 Å².